The highest BCUT2D eigenvalue weighted by molar-refractivity contribution is 6.00. The van der Waals surface area contributed by atoms with Gasteiger partial charge in [0, 0.05) is 25.2 Å². The van der Waals surface area contributed by atoms with Gasteiger partial charge in [0.25, 0.3) is 11.5 Å². The van der Waals surface area contributed by atoms with Gasteiger partial charge in [-0.3, -0.25) is 19.3 Å². The summed E-state index contributed by atoms with van der Waals surface area (Å²) in [7, 11) is 1.54. The molecule has 2 N–H and O–H groups in total. The molecule has 0 aliphatic carbocycles. The molecule has 1 aromatic heterocycles. The molecule has 0 saturated carbocycles. The first-order valence-corrected chi connectivity index (χ1v) is 11.0. The molecule has 0 spiro atoms. The van der Waals surface area contributed by atoms with E-state index in [1.807, 2.05) is 28.8 Å². The van der Waals surface area contributed by atoms with Crippen molar-refractivity contribution in [3.05, 3.63) is 34.6 Å². The molecule has 8 nitrogen and oxygen atoms in total. The number of aromatic nitrogens is 2. The van der Waals surface area contributed by atoms with Crippen LogP contribution in [0.2, 0.25) is 0 Å². The highest BCUT2D eigenvalue weighted by Crippen LogP contribution is 2.36. The normalized spacial score (nSPS) is 25.8. The zero-order valence-electron chi connectivity index (χ0n) is 18.6. The maximum absolute atomic E-state index is 13.7. The average molecular weight is 426 g/mol. The van der Waals surface area contributed by atoms with Gasteiger partial charge in [0.1, 0.15) is 5.54 Å². The molecular formula is C23H31N5O3. The van der Waals surface area contributed by atoms with Crippen LogP contribution in [-0.2, 0) is 9.59 Å². The van der Waals surface area contributed by atoms with Gasteiger partial charge >= 0.3 is 0 Å². The standard InChI is InChI=1S/C23H31N5O3/c1-14-9-10-15-11-16(12-18(14)25-15)28-19-8-6-5-7-17(19)26-20(21(28)30)27(4)22(31)23(2,3)24-13-29/h5-8,13-16,18,25H,9-12H2,1-4H3,(H,24,29). The van der Waals surface area contributed by atoms with Crippen LogP contribution in [0.5, 0.6) is 0 Å². The van der Waals surface area contributed by atoms with Gasteiger partial charge in [0.05, 0.1) is 11.0 Å². The SMILES string of the molecule is CC1CCC2CC(n3c(=O)c(N(C)C(=O)C(C)(C)NC=O)nc4ccccc43)CC1N2. The lowest BCUT2D eigenvalue weighted by molar-refractivity contribution is -0.126. The third-order valence-electron chi connectivity index (χ3n) is 6.91. The molecule has 2 bridgehead atoms. The van der Waals surface area contributed by atoms with Gasteiger partial charge in [-0.15, -0.1) is 0 Å². The monoisotopic (exact) mass is 425 g/mol. The number of piperidine rings is 2. The largest absolute Gasteiger partial charge is 0.345 e. The summed E-state index contributed by atoms with van der Waals surface area (Å²) in [5, 5.41) is 6.24. The zero-order valence-corrected chi connectivity index (χ0v) is 18.6. The molecule has 3 heterocycles. The molecule has 2 aliphatic heterocycles. The van der Waals surface area contributed by atoms with Gasteiger partial charge in [-0.25, -0.2) is 4.98 Å². The summed E-state index contributed by atoms with van der Waals surface area (Å²) < 4.78 is 1.85. The number of likely N-dealkylation sites (N-methyl/N-ethyl adjacent to an activating group) is 1. The van der Waals surface area contributed by atoms with Gasteiger partial charge < -0.3 is 15.2 Å². The van der Waals surface area contributed by atoms with Crippen LogP contribution in [0.3, 0.4) is 0 Å². The lowest BCUT2D eigenvalue weighted by Gasteiger charge is -2.44. The van der Waals surface area contributed by atoms with Gasteiger partial charge in [0.2, 0.25) is 12.2 Å². The fourth-order valence-corrected chi connectivity index (χ4v) is 5.08. The summed E-state index contributed by atoms with van der Waals surface area (Å²) >= 11 is 0. The van der Waals surface area contributed by atoms with Crippen LogP contribution in [-0.4, -0.2) is 46.5 Å². The first kappa shape index (κ1) is 21.5. The average Bonchev–Trinajstić information content (AvgIpc) is 2.75. The number of hydrogen-bond acceptors (Lipinski definition) is 5. The molecule has 4 unspecified atom stereocenters. The van der Waals surface area contributed by atoms with E-state index in [2.05, 4.69) is 22.5 Å². The van der Waals surface area contributed by atoms with E-state index < -0.39 is 11.4 Å². The molecule has 2 fully saturated rings. The Kier molecular flexibility index (Phi) is 5.60. The Labute approximate surface area is 182 Å². The van der Waals surface area contributed by atoms with Crippen molar-refractivity contribution in [2.45, 2.75) is 70.1 Å². The smallest absolute Gasteiger partial charge is 0.294 e. The predicted octanol–water partition coefficient (Wildman–Crippen LogP) is 1.98. The van der Waals surface area contributed by atoms with Crippen LogP contribution in [0.25, 0.3) is 11.0 Å². The maximum Gasteiger partial charge on any atom is 0.294 e. The van der Waals surface area contributed by atoms with Crippen LogP contribution in [0.4, 0.5) is 5.82 Å². The van der Waals surface area contributed by atoms with Crippen LogP contribution in [0.15, 0.2) is 29.1 Å². The van der Waals surface area contributed by atoms with Crippen molar-refractivity contribution in [3.63, 3.8) is 0 Å². The molecule has 31 heavy (non-hydrogen) atoms. The Morgan fingerprint density at radius 2 is 2.03 bits per heavy atom. The molecule has 2 aromatic rings. The minimum Gasteiger partial charge on any atom is -0.345 e. The van der Waals surface area contributed by atoms with Crippen molar-refractivity contribution in [1.82, 2.24) is 20.2 Å². The number of amides is 2. The molecular weight excluding hydrogens is 394 g/mol. The summed E-state index contributed by atoms with van der Waals surface area (Å²) in [6.45, 7) is 5.48. The van der Waals surface area contributed by atoms with Crippen LogP contribution in [0.1, 0.15) is 52.5 Å². The van der Waals surface area contributed by atoms with Gasteiger partial charge in [-0.1, -0.05) is 19.1 Å². The van der Waals surface area contributed by atoms with E-state index in [4.69, 9.17) is 0 Å². The Hall–Kier alpha value is -2.74. The van der Waals surface area contributed by atoms with Crippen LogP contribution < -0.4 is 21.1 Å². The highest BCUT2D eigenvalue weighted by atomic mass is 16.2. The topological polar surface area (TPSA) is 96.3 Å². The van der Waals surface area contributed by atoms with Crippen molar-refractivity contribution in [2.75, 3.05) is 11.9 Å². The van der Waals surface area contributed by atoms with Crippen molar-refractivity contribution >= 4 is 29.2 Å². The predicted molar refractivity (Wildman–Crippen MR) is 120 cm³/mol. The van der Waals surface area contributed by atoms with E-state index in [-0.39, 0.29) is 17.4 Å². The number of carbonyl (C=O) groups is 2. The molecule has 0 radical (unpaired) electrons. The lowest BCUT2D eigenvalue weighted by Crippen LogP contribution is -2.55. The summed E-state index contributed by atoms with van der Waals surface area (Å²) in [6.07, 6.45) is 4.57. The second-order valence-electron chi connectivity index (χ2n) is 9.50. The molecule has 8 heteroatoms. The van der Waals surface area contributed by atoms with E-state index in [9.17, 15) is 14.4 Å². The van der Waals surface area contributed by atoms with Crippen molar-refractivity contribution in [1.29, 1.82) is 0 Å². The van der Waals surface area contributed by atoms with Gasteiger partial charge in [-0.05, 0) is 57.6 Å². The number of benzene rings is 1. The van der Waals surface area contributed by atoms with E-state index >= 15 is 0 Å². The number of carbonyl (C=O) groups excluding carboxylic acids is 2. The van der Waals surface area contributed by atoms with Crippen molar-refractivity contribution in [2.24, 2.45) is 5.92 Å². The minimum atomic E-state index is -1.15. The quantitative estimate of drug-likeness (QED) is 0.714. The minimum absolute atomic E-state index is 0.0442. The van der Waals surface area contributed by atoms with Gasteiger partial charge in [-0.2, -0.15) is 0 Å². The highest BCUT2D eigenvalue weighted by Gasteiger charge is 2.38. The Balaban J connectivity index is 1.81. The summed E-state index contributed by atoms with van der Waals surface area (Å²) in [4.78, 5) is 43.5. The van der Waals surface area contributed by atoms with Gasteiger partial charge in [0.15, 0.2) is 0 Å². The number of para-hydroxylation sites is 2. The van der Waals surface area contributed by atoms with Crippen molar-refractivity contribution < 1.29 is 9.59 Å². The van der Waals surface area contributed by atoms with E-state index in [1.165, 1.54) is 11.3 Å². The number of anilines is 1. The molecule has 2 amide bonds. The molecule has 4 atom stereocenters. The summed E-state index contributed by atoms with van der Waals surface area (Å²) in [5.41, 5.74) is 0.0474. The number of nitrogens with zero attached hydrogens (tertiary/aromatic N) is 3. The Morgan fingerprint density at radius 1 is 1.29 bits per heavy atom. The fourth-order valence-electron chi connectivity index (χ4n) is 5.08. The number of nitrogens with one attached hydrogen (secondary N) is 2. The van der Waals surface area contributed by atoms with E-state index in [0.717, 1.165) is 24.8 Å². The second-order valence-corrected chi connectivity index (χ2v) is 9.50. The van der Waals surface area contributed by atoms with Crippen LogP contribution in [0, 0.1) is 5.92 Å². The van der Waals surface area contributed by atoms with E-state index in [0.29, 0.717) is 29.9 Å². The molecule has 2 aliphatic rings. The lowest BCUT2D eigenvalue weighted by atomic mass is 9.78. The molecule has 166 valence electrons. The molecule has 1 aromatic carbocycles. The first-order valence-electron chi connectivity index (χ1n) is 11.0. The third-order valence-corrected chi connectivity index (χ3v) is 6.91. The molecule has 2 saturated heterocycles. The van der Waals surface area contributed by atoms with Crippen LogP contribution >= 0.6 is 0 Å². The zero-order chi connectivity index (χ0) is 22.3. The molecule has 4 rings (SSSR count). The number of rotatable bonds is 5. The summed E-state index contributed by atoms with van der Waals surface area (Å²) in [5.74, 6) is 0.254. The first-order chi connectivity index (χ1) is 14.7. The second kappa shape index (κ2) is 8.07. The Morgan fingerprint density at radius 3 is 2.77 bits per heavy atom. The maximum atomic E-state index is 13.7. The Bertz CT molecular complexity index is 1060. The number of hydrogen-bond donors (Lipinski definition) is 2. The fraction of sp³-hybridized carbons (Fsp3) is 0.565. The van der Waals surface area contributed by atoms with E-state index in [1.54, 1.807) is 20.9 Å². The number of fused-ring (bicyclic) bond motifs is 3. The summed E-state index contributed by atoms with van der Waals surface area (Å²) in [6, 6.07) is 8.42. The van der Waals surface area contributed by atoms with Crippen molar-refractivity contribution in [3.8, 4) is 0 Å². The third kappa shape index (κ3) is 3.84.